The number of rotatable bonds is 2. The van der Waals surface area contributed by atoms with Crippen molar-refractivity contribution >= 4 is 11.2 Å². The van der Waals surface area contributed by atoms with Gasteiger partial charge in [0.1, 0.15) is 36.4 Å². The van der Waals surface area contributed by atoms with Crippen LogP contribution < -0.4 is 9.47 Å². The summed E-state index contributed by atoms with van der Waals surface area (Å²) >= 11 is 0. The van der Waals surface area contributed by atoms with Crippen molar-refractivity contribution in [2.24, 2.45) is 0 Å². The van der Waals surface area contributed by atoms with Gasteiger partial charge in [-0.25, -0.2) is 9.97 Å². The van der Waals surface area contributed by atoms with Gasteiger partial charge in [0.25, 0.3) is 0 Å². The number of nitrogens with zero attached hydrogens (tertiary/aromatic N) is 4. The van der Waals surface area contributed by atoms with E-state index in [1.165, 1.54) is 12.1 Å². The topological polar surface area (TPSA) is 93.2 Å². The van der Waals surface area contributed by atoms with Gasteiger partial charge in [0, 0.05) is 17.8 Å². The minimum atomic E-state index is 0.0282. The molecule has 5 rings (SSSR count). The van der Waals surface area contributed by atoms with Crippen LogP contribution in [0.4, 0.5) is 0 Å². The lowest BCUT2D eigenvalue weighted by molar-refractivity contribution is 0.171. The summed E-state index contributed by atoms with van der Waals surface area (Å²) in [6, 6.07) is 16.1. The van der Waals surface area contributed by atoms with Crippen LogP contribution in [0.1, 0.15) is 5.56 Å². The van der Waals surface area contributed by atoms with Crippen molar-refractivity contribution in [3.8, 4) is 40.4 Å². The Hall–Kier alpha value is -4.05. The van der Waals surface area contributed by atoms with Crippen LogP contribution in [-0.4, -0.2) is 32.9 Å². The van der Waals surface area contributed by atoms with Crippen LogP contribution in [0, 0.1) is 11.3 Å². The molecule has 7 heteroatoms. The molecule has 0 radical (unpaired) electrons. The highest BCUT2D eigenvalue weighted by Gasteiger charge is 2.20. The van der Waals surface area contributed by atoms with Gasteiger partial charge in [0.05, 0.1) is 11.3 Å². The molecule has 0 bridgehead atoms. The van der Waals surface area contributed by atoms with E-state index in [1.54, 1.807) is 12.3 Å². The summed E-state index contributed by atoms with van der Waals surface area (Å²) in [7, 11) is 0. The van der Waals surface area contributed by atoms with E-state index in [9.17, 15) is 10.4 Å². The molecule has 7 nitrogen and oxygen atoms in total. The van der Waals surface area contributed by atoms with Crippen molar-refractivity contribution in [3.63, 3.8) is 0 Å². The summed E-state index contributed by atoms with van der Waals surface area (Å²) in [5.41, 5.74) is 3.08. The quantitative estimate of drug-likeness (QED) is 0.581. The van der Waals surface area contributed by atoms with E-state index in [1.807, 2.05) is 34.9 Å². The second-order valence-corrected chi connectivity index (χ2v) is 6.29. The third-order valence-corrected chi connectivity index (χ3v) is 4.56. The Bertz CT molecular complexity index is 1260. The standard InChI is InChI=1S/C21H14N4O3/c22-12-13-10-15(26)4-5-16(13)20-24-17-2-1-7-23-21(17)25(20)14-3-6-18-19(11-14)28-9-8-27-18/h1-7,10-11,26H,8-9H2. The summed E-state index contributed by atoms with van der Waals surface area (Å²) in [5.74, 6) is 1.93. The number of benzene rings is 2. The molecule has 0 saturated heterocycles. The number of phenols is 1. The number of phenolic OH excluding ortho intramolecular Hbond substituents is 1. The summed E-state index contributed by atoms with van der Waals surface area (Å²) in [5, 5.41) is 19.3. The lowest BCUT2D eigenvalue weighted by Crippen LogP contribution is -2.15. The minimum Gasteiger partial charge on any atom is -0.508 e. The van der Waals surface area contributed by atoms with Crippen molar-refractivity contribution in [1.82, 2.24) is 14.5 Å². The zero-order valence-corrected chi connectivity index (χ0v) is 14.7. The van der Waals surface area contributed by atoms with Gasteiger partial charge in [0.2, 0.25) is 0 Å². The molecule has 2 aromatic heterocycles. The fourth-order valence-electron chi connectivity index (χ4n) is 3.33. The van der Waals surface area contributed by atoms with Crippen LogP contribution in [0.25, 0.3) is 28.2 Å². The van der Waals surface area contributed by atoms with Crippen LogP contribution in [0.2, 0.25) is 0 Å². The maximum absolute atomic E-state index is 9.75. The fourth-order valence-corrected chi connectivity index (χ4v) is 3.33. The Morgan fingerprint density at radius 2 is 1.89 bits per heavy atom. The number of imidazole rings is 1. The predicted molar refractivity (Wildman–Crippen MR) is 102 cm³/mol. The number of aromatic hydroxyl groups is 1. The zero-order chi connectivity index (χ0) is 19.1. The van der Waals surface area contributed by atoms with Crippen molar-refractivity contribution in [2.45, 2.75) is 0 Å². The van der Waals surface area contributed by atoms with Crippen molar-refractivity contribution in [3.05, 3.63) is 60.3 Å². The van der Waals surface area contributed by atoms with Crippen LogP contribution >= 0.6 is 0 Å². The minimum absolute atomic E-state index is 0.0282. The van der Waals surface area contributed by atoms with E-state index in [-0.39, 0.29) is 5.75 Å². The van der Waals surface area contributed by atoms with Crippen molar-refractivity contribution in [2.75, 3.05) is 13.2 Å². The third-order valence-electron chi connectivity index (χ3n) is 4.56. The molecule has 28 heavy (non-hydrogen) atoms. The van der Waals surface area contributed by atoms with Crippen LogP contribution in [-0.2, 0) is 0 Å². The van der Waals surface area contributed by atoms with E-state index in [0.29, 0.717) is 52.8 Å². The first kappa shape index (κ1) is 16.1. The Kier molecular flexibility index (Phi) is 3.62. The molecule has 136 valence electrons. The van der Waals surface area contributed by atoms with Gasteiger partial charge in [-0.3, -0.25) is 4.57 Å². The highest BCUT2D eigenvalue weighted by Crippen LogP contribution is 2.36. The van der Waals surface area contributed by atoms with E-state index in [0.717, 1.165) is 5.69 Å². The Morgan fingerprint density at radius 3 is 2.75 bits per heavy atom. The summed E-state index contributed by atoms with van der Waals surface area (Å²) < 4.78 is 13.2. The van der Waals surface area contributed by atoms with Gasteiger partial charge in [0.15, 0.2) is 17.1 Å². The number of ether oxygens (including phenoxy) is 2. The molecule has 0 atom stereocenters. The normalized spacial score (nSPS) is 12.7. The molecular weight excluding hydrogens is 356 g/mol. The maximum Gasteiger partial charge on any atom is 0.164 e. The highest BCUT2D eigenvalue weighted by molar-refractivity contribution is 5.82. The number of hydrogen-bond acceptors (Lipinski definition) is 6. The number of pyridine rings is 1. The van der Waals surface area contributed by atoms with E-state index in [2.05, 4.69) is 11.1 Å². The molecule has 4 aromatic rings. The molecule has 0 saturated carbocycles. The smallest absolute Gasteiger partial charge is 0.164 e. The number of nitriles is 1. The molecule has 0 unspecified atom stereocenters. The summed E-state index contributed by atoms with van der Waals surface area (Å²) in [4.78, 5) is 9.19. The second-order valence-electron chi connectivity index (χ2n) is 6.29. The number of hydrogen-bond donors (Lipinski definition) is 1. The van der Waals surface area contributed by atoms with Gasteiger partial charge in [-0.05, 0) is 42.5 Å². The van der Waals surface area contributed by atoms with E-state index < -0.39 is 0 Å². The van der Waals surface area contributed by atoms with Crippen LogP contribution in [0.3, 0.4) is 0 Å². The molecule has 0 amide bonds. The predicted octanol–water partition coefficient (Wildman–Crippen LogP) is 3.44. The van der Waals surface area contributed by atoms with Crippen LogP contribution in [0.15, 0.2) is 54.7 Å². The fraction of sp³-hybridized carbons (Fsp3) is 0.0952. The summed E-state index contributed by atoms with van der Waals surface area (Å²) in [6.07, 6.45) is 1.70. The van der Waals surface area contributed by atoms with Gasteiger partial charge >= 0.3 is 0 Å². The lowest BCUT2D eigenvalue weighted by Gasteiger charge is -2.19. The monoisotopic (exact) mass is 370 g/mol. The molecule has 1 N–H and O–H groups in total. The zero-order valence-electron chi connectivity index (χ0n) is 14.7. The molecule has 2 aromatic carbocycles. The maximum atomic E-state index is 9.75. The lowest BCUT2D eigenvalue weighted by atomic mass is 10.1. The van der Waals surface area contributed by atoms with Gasteiger partial charge < -0.3 is 14.6 Å². The van der Waals surface area contributed by atoms with Gasteiger partial charge in [-0.2, -0.15) is 5.26 Å². The van der Waals surface area contributed by atoms with Crippen molar-refractivity contribution < 1.29 is 14.6 Å². The highest BCUT2D eigenvalue weighted by atomic mass is 16.6. The Morgan fingerprint density at radius 1 is 1.04 bits per heavy atom. The third kappa shape index (κ3) is 2.51. The molecule has 0 spiro atoms. The number of aromatic nitrogens is 3. The first-order valence-electron chi connectivity index (χ1n) is 8.71. The molecule has 0 fully saturated rings. The van der Waals surface area contributed by atoms with Gasteiger partial charge in [-0.15, -0.1) is 0 Å². The van der Waals surface area contributed by atoms with Crippen molar-refractivity contribution in [1.29, 1.82) is 5.26 Å². The first-order valence-corrected chi connectivity index (χ1v) is 8.71. The Labute approximate surface area is 160 Å². The second kappa shape index (κ2) is 6.28. The first-order chi connectivity index (χ1) is 13.7. The largest absolute Gasteiger partial charge is 0.508 e. The average molecular weight is 370 g/mol. The van der Waals surface area contributed by atoms with Crippen LogP contribution in [0.5, 0.6) is 17.2 Å². The molecule has 3 heterocycles. The summed E-state index contributed by atoms with van der Waals surface area (Å²) in [6.45, 7) is 1.01. The SMILES string of the molecule is N#Cc1cc(O)ccc1-c1nc2cccnc2n1-c1ccc2c(c1)OCCO2. The molecular formula is C21H14N4O3. The molecule has 0 aliphatic carbocycles. The average Bonchev–Trinajstić information content (AvgIpc) is 3.12. The molecule has 1 aliphatic rings. The number of fused-ring (bicyclic) bond motifs is 2. The van der Waals surface area contributed by atoms with Gasteiger partial charge in [-0.1, -0.05) is 0 Å². The Balaban J connectivity index is 1.80. The van der Waals surface area contributed by atoms with E-state index >= 15 is 0 Å². The molecule has 1 aliphatic heterocycles. The van der Waals surface area contributed by atoms with E-state index in [4.69, 9.17) is 14.5 Å².